The normalized spacial score (nSPS) is 16.8. The van der Waals surface area contributed by atoms with E-state index in [1.54, 1.807) is 17.5 Å². The van der Waals surface area contributed by atoms with Crippen molar-refractivity contribution in [3.63, 3.8) is 0 Å². The Morgan fingerprint density at radius 2 is 2.20 bits per heavy atom. The second-order valence-electron chi connectivity index (χ2n) is 6.80. The molecule has 25 heavy (non-hydrogen) atoms. The fourth-order valence-electron chi connectivity index (χ4n) is 3.08. The quantitative estimate of drug-likeness (QED) is 0.891. The van der Waals surface area contributed by atoms with E-state index in [0.717, 1.165) is 10.7 Å². The molecule has 0 aromatic carbocycles. The number of imidazole rings is 1. The van der Waals surface area contributed by atoms with Gasteiger partial charge in [0, 0.05) is 30.6 Å². The summed E-state index contributed by atoms with van der Waals surface area (Å²) in [6.07, 6.45) is 2.33. The van der Waals surface area contributed by atoms with Gasteiger partial charge in [0.1, 0.15) is 11.5 Å². The third kappa shape index (κ3) is 3.92. The van der Waals surface area contributed by atoms with E-state index in [-0.39, 0.29) is 17.9 Å². The Kier molecular flexibility index (Phi) is 5.22. The first-order chi connectivity index (χ1) is 12.0. The predicted octanol–water partition coefficient (Wildman–Crippen LogP) is 2.82. The highest BCUT2D eigenvalue weighted by molar-refractivity contribution is 7.09. The molecule has 1 aliphatic heterocycles. The van der Waals surface area contributed by atoms with Crippen LogP contribution < -0.4 is 5.32 Å². The van der Waals surface area contributed by atoms with Gasteiger partial charge >= 0.3 is 0 Å². The Labute approximate surface area is 151 Å². The molecular weight excluding hydrogens is 336 g/mol. The number of rotatable bonds is 5. The van der Waals surface area contributed by atoms with Crippen LogP contribution in [0.3, 0.4) is 0 Å². The van der Waals surface area contributed by atoms with E-state index in [2.05, 4.69) is 10.3 Å². The van der Waals surface area contributed by atoms with Crippen molar-refractivity contribution in [2.45, 2.75) is 46.3 Å². The van der Waals surface area contributed by atoms with Crippen molar-refractivity contribution in [1.82, 2.24) is 19.8 Å². The van der Waals surface area contributed by atoms with Crippen LogP contribution in [0.1, 0.15) is 54.4 Å². The van der Waals surface area contributed by atoms with Crippen LogP contribution in [0.4, 0.5) is 0 Å². The van der Waals surface area contributed by atoms with E-state index >= 15 is 0 Å². The standard InChI is InChI=1S/C18H24N4O2S/c1-12(2)9-16(23)22-7-6-21-11-15(20-17(21)13(22)3)18(24)19-10-14-5-4-8-25-14/h4-5,8,11-13H,6-7,9-10H2,1-3H3,(H,19,24)/t13-/m1/s1. The van der Waals surface area contributed by atoms with Gasteiger partial charge in [-0.3, -0.25) is 9.59 Å². The van der Waals surface area contributed by atoms with Crippen LogP contribution in [0.2, 0.25) is 0 Å². The molecule has 1 aliphatic rings. The molecule has 1 N–H and O–H groups in total. The fraction of sp³-hybridized carbons (Fsp3) is 0.500. The molecule has 1 atom stereocenters. The topological polar surface area (TPSA) is 67.2 Å². The van der Waals surface area contributed by atoms with E-state index in [1.807, 2.05) is 47.8 Å². The van der Waals surface area contributed by atoms with Crippen LogP contribution in [0.25, 0.3) is 0 Å². The smallest absolute Gasteiger partial charge is 0.271 e. The zero-order valence-corrected chi connectivity index (χ0v) is 15.7. The number of thiophene rings is 1. The third-order valence-electron chi connectivity index (χ3n) is 4.37. The number of carbonyl (C=O) groups excluding carboxylic acids is 2. The lowest BCUT2D eigenvalue weighted by molar-refractivity contribution is -0.135. The molecule has 2 amide bonds. The molecule has 0 saturated carbocycles. The summed E-state index contributed by atoms with van der Waals surface area (Å²) in [5.41, 5.74) is 0.413. The lowest BCUT2D eigenvalue weighted by atomic mass is 10.1. The van der Waals surface area contributed by atoms with Crippen LogP contribution in [0.15, 0.2) is 23.7 Å². The largest absolute Gasteiger partial charge is 0.346 e. The summed E-state index contributed by atoms with van der Waals surface area (Å²) in [6, 6.07) is 3.84. The summed E-state index contributed by atoms with van der Waals surface area (Å²) in [5.74, 6) is 1.09. The summed E-state index contributed by atoms with van der Waals surface area (Å²) in [6.45, 7) is 7.91. The Morgan fingerprint density at radius 1 is 1.40 bits per heavy atom. The predicted molar refractivity (Wildman–Crippen MR) is 97.3 cm³/mol. The van der Waals surface area contributed by atoms with Crippen LogP contribution >= 0.6 is 11.3 Å². The first kappa shape index (κ1) is 17.7. The number of hydrogen-bond acceptors (Lipinski definition) is 4. The number of nitrogens with zero attached hydrogens (tertiary/aromatic N) is 3. The number of aromatic nitrogens is 2. The molecule has 2 aromatic rings. The second kappa shape index (κ2) is 7.39. The monoisotopic (exact) mass is 360 g/mol. The summed E-state index contributed by atoms with van der Waals surface area (Å²) >= 11 is 1.61. The van der Waals surface area contributed by atoms with E-state index < -0.39 is 0 Å². The van der Waals surface area contributed by atoms with Gasteiger partial charge in [-0.05, 0) is 24.3 Å². The maximum Gasteiger partial charge on any atom is 0.271 e. The van der Waals surface area contributed by atoms with Gasteiger partial charge < -0.3 is 14.8 Å². The van der Waals surface area contributed by atoms with Crippen molar-refractivity contribution in [1.29, 1.82) is 0 Å². The van der Waals surface area contributed by atoms with Crippen LogP contribution in [0, 0.1) is 5.92 Å². The van der Waals surface area contributed by atoms with Crippen molar-refractivity contribution in [2.75, 3.05) is 6.54 Å². The minimum Gasteiger partial charge on any atom is -0.346 e. The van der Waals surface area contributed by atoms with Crippen LogP contribution in [-0.2, 0) is 17.9 Å². The molecule has 3 heterocycles. The maximum atomic E-state index is 12.4. The summed E-state index contributed by atoms with van der Waals surface area (Å²) in [4.78, 5) is 32.3. The second-order valence-corrected chi connectivity index (χ2v) is 7.83. The summed E-state index contributed by atoms with van der Waals surface area (Å²) in [5, 5.41) is 4.89. The lowest BCUT2D eigenvalue weighted by Crippen LogP contribution is -2.41. The van der Waals surface area contributed by atoms with Gasteiger partial charge in [0.2, 0.25) is 5.91 Å². The van der Waals surface area contributed by atoms with Gasteiger partial charge in [0.25, 0.3) is 5.91 Å². The Balaban J connectivity index is 1.69. The van der Waals surface area contributed by atoms with Crippen molar-refractivity contribution in [3.8, 4) is 0 Å². The molecule has 3 rings (SSSR count). The molecule has 0 unspecified atom stereocenters. The molecule has 6 nitrogen and oxygen atoms in total. The van der Waals surface area contributed by atoms with Gasteiger partial charge in [-0.2, -0.15) is 0 Å². The molecule has 0 saturated heterocycles. The number of nitrogens with one attached hydrogen (secondary N) is 1. The minimum absolute atomic E-state index is 0.112. The molecule has 0 bridgehead atoms. The average Bonchev–Trinajstić information content (AvgIpc) is 3.21. The van der Waals surface area contributed by atoms with Crippen molar-refractivity contribution in [2.24, 2.45) is 5.92 Å². The van der Waals surface area contributed by atoms with Crippen molar-refractivity contribution in [3.05, 3.63) is 40.1 Å². The van der Waals surface area contributed by atoms with Crippen molar-refractivity contribution < 1.29 is 9.59 Å². The molecule has 134 valence electrons. The van der Waals surface area contributed by atoms with Crippen molar-refractivity contribution >= 4 is 23.2 Å². The number of carbonyl (C=O) groups is 2. The van der Waals surface area contributed by atoms with E-state index in [0.29, 0.717) is 37.7 Å². The Bertz CT molecular complexity index is 751. The van der Waals surface area contributed by atoms with Crippen LogP contribution in [-0.4, -0.2) is 32.8 Å². The Morgan fingerprint density at radius 3 is 2.88 bits per heavy atom. The highest BCUT2D eigenvalue weighted by Gasteiger charge is 2.30. The third-order valence-corrected chi connectivity index (χ3v) is 5.25. The van der Waals surface area contributed by atoms with E-state index in [9.17, 15) is 9.59 Å². The van der Waals surface area contributed by atoms with Gasteiger partial charge in [0.05, 0.1) is 12.6 Å². The lowest BCUT2D eigenvalue weighted by Gasteiger charge is -2.34. The maximum absolute atomic E-state index is 12.4. The molecule has 7 heteroatoms. The summed E-state index contributed by atoms with van der Waals surface area (Å²) in [7, 11) is 0. The van der Waals surface area contributed by atoms with Gasteiger partial charge in [0.15, 0.2) is 0 Å². The molecule has 0 aliphatic carbocycles. The number of amides is 2. The highest BCUT2D eigenvalue weighted by atomic mass is 32.1. The molecular formula is C18H24N4O2S. The molecule has 2 aromatic heterocycles. The minimum atomic E-state index is -0.178. The molecule has 0 radical (unpaired) electrons. The molecule has 0 fully saturated rings. The SMILES string of the molecule is CC(C)CC(=O)N1CCn2cc(C(=O)NCc3cccs3)nc2[C@H]1C. The zero-order valence-electron chi connectivity index (χ0n) is 14.9. The average molecular weight is 360 g/mol. The highest BCUT2D eigenvalue weighted by Crippen LogP contribution is 2.26. The Hall–Kier alpha value is -2.15. The summed E-state index contributed by atoms with van der Waals surface area (Å²) < 4.78 is 1.99. The molecule has 0 spiro atoms. The fourth-order valence-corrected chi connectivity index (χ4v) is 3.72. The first-order valence-corrected chi connectivity index (χ1v) is 9.50. The number of hydrogen-bond donors (Lipinski definition) is 1. The van der Waals surface area contributed by atoms with E-state index in [1.165, 1.54) is 0 Å². The van der Waals surface area contributed by atoms with E-state index in [4.69, 9.17) is 0 Å². The van der Waals surface area contributed by atoms with Crippen LogP contribution in [0.5, 0.6) is 0 Å². The van der Waals surface area contributed by atoms with Gasteiger partial charge in [-0.15, -0.1) is 11.3 Å². The van der Waals surface area contributed by atoms with Gasteiger partial charge in [-0.25, -0.2) is 4.98 Å². The zero-order chi connectivity index (χ0) is 18.0. The first-order valence-electron chi connectivity index (χ1n) is 8.63. The number of fused-ring (bicyclic) bond motifs is 1. The van der Waals surface area contributed by atoms with Gasteiger partial charge in [-0.1, -0.05) is 19.9 Å².